The Bertz CT molecular complexity index is 584. The Morgan fingerprint density at radius 3 is 2.68 bits per heavy atom. The van der Waals surface area contributed by atoms with Crippen LogP contribution in [0.25, 0.3) is 0 Å². The molecule has 1 N–H and O–H groups in total. The van der Waals surface area contributed by atoms with Crippen molar-refractivity contribution in [1.82, 2.24) is 9.78 Å². The van der Waals surface area contributed by atoms with Crippen LogP contribution in [0.4, 0.5) is 5.82 Å². The van der Waals surface area contributed by atoms with Gasteiger partial charge in [0.25, 0.3) is 0 Å². The standard InChI is InChI=1S/C16H23N3O3/c1-4-19-8-7-16(18-19)17-12-13-5-6-14(21-3)15(11-13)22-10-9-20-2/h5-8,11H,4,9-10,12H2,1-3H3,(H,17,18). The first kappa shape index (κ1) is 16.2. The quantitative estimate of drug-likeness (QED) is 0.722. The Kier molecular flexibility index (Phi) is 6.09. The highest BCUT2D eigenvalue weighted by molar-refractivity contribution is 5.44. The number of anilines is 1. The molecule has 0 atom stereocenters. The van der Waals surface area contributed by atoms with Crippen molar-refractivity contribution in [3.8, 4) is 11.5 Å². The normalized spacial score (nSPS) is 10.5. The van der Waals surface area contributed by atoms with Crippen molar-refractivity contribution >= 4 is 5.82 Å². The smallest absolute Gasteiger partial charge is 0.161 e. The minimum Gasteiger partial charge on any atom is -0.493 e. The number of benzene rings is 1. The van der Waals surface area contributed by atoms with Crippen LogP contribution in [-0.2, 0) is 17.8 Å². The molecule has 2 aromatic rings. The van der Waals surface area contributed by atoms with E-state index < -0.39 is 0 Å². The number of rotatable bonds is 9. The molecule has 0 bridgehead atoms. The third-order valence-corrected chi connectivity index (χ3v) is 3.21. The van der Waals surface area contributed by atoms with Gasteiger partial charge in [0.1, 0.15) is 12.4 Å². The predicted octanol–water partition coefficient (Wildman–Crippen LogP) is 2.55. The van der Waals surface area contributed by atoms with Crippen LogP contribution in [0, 0.1) is 0 Å². The first-order valence-electron chi connectivity index (χ1n) is 7.32. The molecule has 0 aliphatic heterocycles. The van der Waals surface area contributed by atoms with Crippen molar-refractivity contribution in [3.63, 3.8) is 0 Å². The minimum absolute atomic E-state index is 0.491. The summed E-state index contributed by atoms with van der Waals surface area (Å²) in [6.07, 6.45) is 1.95. The highest BCUT2D eigenvalue weighted by atomic mass is 16.5. The maximum atomic E-state index is 5.69. The molecule has 1 heterocycles. The Balaban J connectivity index is 1.99. The maximum absolute atomic E-state index is 5.69. The number of methoxy groups -OCH3 is 2. The van der Waals surface area contributed by atoms with Crippen molar-refractivity contribution in [2.75, 3.05) is 32.8 Å². The van der Waals surface area contributed by atoms with E-state index in [9.17, 15) is 0 Å². The lowest BCUT2D eigenvalue weighted by Crippen LogP contribution is -2.06. The van der Waals surface area contributed by atoms with E-state index in [2.05, 4.69) is 17.3 Å². The number of hydrogen-bond donors (Lipinski definition) is 1. The van der Waals surface area contributed by atoms with Gasteiger partial charge in [-0.3, -0.25) is 4.68 Å². The zero-order valence-electron chi connectivity index (χ0n) is 13.3. The number of nitrogens with zero attached hydrogens (tertiary/aromatic N) is 2. The molecule has 6 nitrogen and oxygen atoms in total. The van der Waals surface area contributed by atoms with Crippen molar-refractivity contribution in [1.29, 1.82) is 0 Å². The predicted molar refractivity (Wildman–Crippen MR) is 85.6 cm³/mol. The van der Waals surface area contributed by atoms with E-state index in [0.717, 1.165) is 29.4 Å². The molecule has 6 heteroatoms. The summed E-state index contributed by atoms with van der Waals surface area (Å²) in [4.78, 5) is 0. The third kappa shape index (κ3) is 4.39. The Hall–Kier alpha value is -2.21. The molecule has 0 saturated heterocycles. The van der Waals surface area contributed by atoms with Crippen molar-refractivity contribution in [2.45, 2.75) is 20.0 Å². The van der Waals surface area contributed by atoms with Gasteiger partial charge in [0.05, 0.1) is 13.7 Å². The van der Waals surface area contributed by atoms with Gasteiger partial charge in [0, 0.05) is 32.5 Å². The van der Waals surface area contributed by atoms with Crippen LogP contribution in [0.5, 0.6) is 11.5 Å². The van der Waals surface area contributed by atoms with Crippen LogP contribution < -0.4 is 14.8 Å². The molecule has 0 saturated carbocycles. The van der Waals surface area contributed by atoms with E-state index >= 15 is 0 Å². The largest absolute Gasteiger partial charge is 0.493 e. The van der Waals surface area contributed by atoms with Gasteiger partial charge in [-0.1, -0.05) is 6.07 Å². The second-order valence-corrected chi connectivity index (χ2v) is 4.74. The molecule has 120 valence electrons. The molecule has 0 aliphatic rings. The van der Waals surface area contributed by atoms with Gasteiger partial charge >= 0.3 is 0 Å². The maximum Gasteiger partial charge on any atom is 0.161 e. The molecule has 1 aromatic heterocycles. The molecule has 0 aliphatic carbocycles. The van der Waals surface area contributed by atoms with Gasteiger partial charge < -0.3 is 19.5 Å². The second-order valence-electron chi connectivity index (χ2n) is 4.74. The summed E-state index contributed by atoms with van der Waals surface area (Å²) in [6, 6.07) is 7.84. The van der Waals surface area contributed by atoms with Gasteiger partial charge in [-0.05, 0) is 24.6 Å². The van der Waals surface area contributed by atoms with Gasteiger partial charge in [-0.15, -0.1) is 0 Å². The van der Waals surface area contributed by atoms with Crippen LogP contribution in [-0.4, -0.2) is 37.2 Å². The van der Waals surface area contributed by atoms with E-state index in [0.29, 0.717) is 19.8 Å². The zero-order valence-corrected chi connectivity index (χ0v) is 13.3. The fraction of sp³-hybridized carbons (Fsp3) is 0.438. The van der Waals surface area contributed by atoms with Crippen LogP contribution in [0.1, 0.15) is 12.5 Å². The van der Waals surface area contributed by atoms with E-state index in [1.54, 1.807) is 14.2 Å². The highest BCUT2D eigenvalue weighted by Gasteiger charge is 2.06. The Labute approximate surface area is 131 Å². The lowest BCUT2D eigenvalue weighted by molar-refractivity contribution is 0.144. The van der Waals surface area contributed by atoms with Crippen molar-refractivity contribution < 1.29 is 14.2 Å². The van der Waals surface area contributed by atoms with Crippen molar-refractivity contribution in [3.05, 3.63) is 36.0 Å². The molecule has 22 heavy (non-hydrogen) atoms. The average Bonchev–Trinajstić information content (AvgIpc) is 3.01. The molecule has 0 fully saturated rings. The lowest BCUT2D eigenvalue weighted by atomic mass is 10.2. The lowest BCUT2D eigenvalue weighted by Gasteiger charge is -2.12. The molecule has 0 spiro atoms. The first-order chi connectivity index (χ1) is 10.8. The Morgan fingerprint density at radius 1 is 1.14 bits per heavy atom. The molecule has 0 unspecified atom stereocenters. The summed E-state index contributed by atoms with van der Waals surface area (Å²) < 4.78 is 17.9. The number of aryl methyl sites for hydroxylation is 1. The summed E-state index contributed by atoms with van der Waals surface area (Å²) >= 11 is 0. The van der Waals surface area contributed by atoms with E-state index in [1.807, 2.05) is 35.1 Å². The monoisotopic (exact) mass is 305 g/mol. The van der Waals surface area contributed by atoms with Crippen molar-refractivity contribution in [2.24, 2.45) is 0 Å². The van der Waals surface area contributed by atoms with Crippen LogP contribution in [0.2, 0.25) is 0 Å². The summed E-state index contributed by atoms with van der Waals surface area (Å²) in [5, 5.41) is 7.69. The van der Waals surface area contributed by atoms with E-state index in [-0.39, 0.29) is 0 Å². The topological polar surface area (TPSA) is 57.5 Å². The number of aromatic nitrogens is 2. The number of hydrogen-bond acceptors (Lipinski definition) is 5. The summed E-state index contributed by atoms with van der Waals surface area (Å²) in [5.74, 6) is 2.30. The number of ether oxygens (including phenoxy) is 3. The van der Waals surface area contributed by atoms with Gasteiger partial charge in [-0.2, -0.15) is 5.10 Å². The molecular weight excluding hydrogens is 282 g/mol. The van der Waals surface area contributed by atoms with Crippen LogP contribution in [0.15, 0.2) is 30.5 Å². The first-order valence-corrected chi connectivity index (χ1v) is 7.32. The highest BCUT2D eigenvalue weighted by Crippen LogP contribution is 2.28. The molecule has 0 amide bonds. The average molecular weight is 305 g/mol. The second kappa shape index (κ2) is 8.29. The zero-order chi connectivity index (χ0) is 15.8. The van der Waals surface area contributed by atoms with Gasteiger partial charge in [0.2, 0.25) is 0 Å². The minimum atomic E-state index is 0.491. The third-order valence-electron chi connectivity index (χ3n) is 3.21. The van der Waals surface area contributed by atoms with E-state index in [1.165, 1.54) is 0 Å². The molecular formula is C16H23N3O3. The fourth-order valence-corrected chi connectivity index (χ4v) is 2.00. The van der Waals surface area contributed by atoms with E-state index in [4.69, 9.17) is 14.2 Å². The summed E-state index contributed by atoms with van der Waals surface area (Å²) in [6.45, 7) is 4.63. The number of nitrogens with one attached hydrogen (secondary N) is 1. The molecule has 2 rings (SSSR count). The SMILES string of the molecule is CCn1ccc(NCc2ccc(OC)c(OCCOC)c2)n1. The van der Waals surface area contributed by atoms with Gasteiger partial charge in [0.15, 0.2) is 11.5 Å². The van der Waals surface area contributed by atoms with Gasteiger partial charge in [-0.25, -0.2) is 0 Å². The molecule has 0 radical (unpaired) electrons. The summed E-state index contributed by atoms with van der Waals surface area (Å²) in [7, 11) is 3.28. The Morgan fingerprint density at radius 2 is 2.00 bits per heavy atom. The molecule has 1 aromatic carbocycles. The summed E-state index contributed by atoms with van der Waals surface area (Å²) in [5.41, 5.74) is 1.10. The van der Waals surface area contributed by atoms with Crippen LogP contribution in [0.3, 0.4) is 0 Å². The fourth-order valence-electron chi connectivity index (χ4n) is 2.00. The van der Waals surface area contributed by atoms with Crippen LogP contribution >= 0.6 is 0 Å².